The van der Waals surface area contributed by atoms with Crippen LogP contribution < -0.4 is 0 Å². The van der Waals surface area contributed by atoms with Gasteiger partial charge in [-0.15, -0.1) is 0 Å². The third-order valence-electron chi connectivity index (χ3n) is 1.82. The highest BCUT2D eigenvalue weighted by molar-refractivity contribution is 7.85. The first-order valence-electron chi connectivity index (χ1n) is 6.66. The van der Waals surface area contributed by atoms with E-state index in [4.69, 9.17) is 9.29 Å². The van der Waals surface area contributed by atoms with Gasteiger partial charge in [0.15, 0.2) is 0 Å². The fraction of sp³-hybridized carbons (Fsp3) is 1.00. The molecular weight excluding hydrogens is 254 g/mol. The molecule has 0 saturated heterocycles. The first-order chi connectivity index (χ1) is 8.49. The Balaban J connectivity index is -0.000000506. The van der Waals surface area contributed by atoms with E-state index in [1.807, 2.05) is 39.5 Å². The van der Waals surface area contributed by atoms with Crippen LogP contribution in [-0.2, 0) is 14.9 Å². The third-order valence-corrected chi connectivity index (χ3v) is 2.52. The fourth-order valence-corrected chi connectivity index (χ4v) is 1.61. The van der Waals surface area contributed by atoms with E-state index >= 15 is 0 Å². The van der Waals surface area contributed by atoms with Crippen LogP contribution in [0.25, 0.3) is 0 Å². The van der Waals surface area contributed by atoms with Gasteiger partial charge in [-0.2, -0.15) is 8.42 Å². The van der Waals surface area contributed by atoms with Gasteiger partial charge in [-0.05, 0) is 13.0 Å². The molecule has 0 heterocycles. The predicted octanol–water partition coefficient (Wildman–Crippen LogP) is 2.29. The van der Waals surface area contributed by atoms with E-state index < -0.39 is 10.1 Å². The van der Waals surface area contributed by atoms with Crippen LogP contribution in [-0.4, -0.2) is 57.0 Å². The van der Waals surface area contributed by atoms with Crippen LogP contribution in [0, 0.1) is 0 Å². The Hall–Kier alpha value is -0.170. The molecule has 0 saturated carbocycles. The van der Waals surface area contributed by atoms with Crippen molar-refractivity contribution in [3.63, 3.8) is 0 Å². The van der Waals surface area contributed by atoms with Gasteiger partial charge >= 0.3 is 0 Å². The van der Waals surface area contributed by atoms with Crippen LogP contribution in [0.1, 0.15) is 41.0 Å². The number of rotatable bonds is 8. The summed E-state index contributed by atoms with van der Waals surface area (Å²) in [5, 5.41) is 0. The topological polar surface area (TPSA) is 66.8 Å². The highest BCUT2D eigenvalue weighted by atomic mass is 32.2. The van der Waals surface area contributed by atoms with Gasteiger partial charge in [0.25, 0.3) is 10.1 Å². The normalized spacial score (nSPS) is 10.2. The Morgan fingerprint density at radius 1 is 1.06 bits per heavy atom. The van der Waals surface area contributed by atoms with Crippen LogP contribution >= 0.6 is 0 Å². The highest BCUT2D eigenvalue weighted by Crippen LogP contribution is 1.93. The summed E-state index contributed by atoms with van der Waals surface area (Å²) < 4.78 is 34.5. The zero-order valence-electron chi connectivity index (χ0n) is 12.8. The molecule has 5 nitrogen and oxygen atoms in total. The summed E-state index contributed by atoms with van der Waals surface area (Å²) in [7, 11) is -2.24. The standard InChI is InChI=1S/C8H19NO4S.2C2H6/c1-3-4-9(5-7-13-2)6-8-14(10,11)12;2*1-2/h3-8H2,1-2H3,(H,10,11,12);2*1-2H3. The minimum atomic E-state index is -3.85. The van der Waals surface area contributed by atoms with Gasteiger partial charge < -0.3 is 4.74 Å². The van der Waals surface area contributed by atoms with E-state index in [-0.39, 0.29) is 5.75 Å². The van der Waals surface area contributed by atoms with Crippen LogP contribution in [0.2, 0.25) is 0 Å². The Morgan fingerprint density at radius 3 is 1.89 bits per heavy atom. The second-order valence-corrected chi connectivity index (χ2v) is 4.69. The molecule has 114 valence electrons. The van der Waals surface area contributed by atoms with Gasteiger partial charge in [0, 0.05) is 20.2 Å². The average Bonchev–Trinajstić information content (AvgIpc) is 2.36. The lowest BCUT2D eigenvalue weighted by Crippen LogP contribution is -2.32. The summed E-state index contributed by atoms with van der Waals surface area (Å²) in [6.07, 6.45) is 0.954. The second kappa shape index (κ2) is 16.8. The molecule has 0 bridgehead atoms. The zero-order valence-corrected chi connectivity index (χ0v) is 13.6. The molecule has 0 aliphatic heterocycles. The molecule has 18 heavy (non-hydrogen) atoms. The lowest BCUT2D eigenvalue weighted by molar-refractivity contribution is 0.151. The number of methoxy groups -OCH3 is 1. The number of hydrogen-bond donors (Lipinski definition) is 1. The van der Waals surface area contributed by atoms with Crippen LogP contribution in [0.3, 0.4) is 0 Å². The van der Waals surface area contributed by atoms with E-state index in [0.717, 1.165) is 13.0 Å². The van der Waals surface area contributed by atoms with Gasteiger partial charge in [0.05, 0.1) is 12.4 Å². The summed E-state index contributed by atoms with van der Waals surface area (Å²) in [5.74, 6) is -0.212. The molecular formula is C12H31NO4S. The van der Waals surface area contributed by atoms with Crippen molar-refractivity contribution in [1.82, 2.24) is 4.90 Å². The molecule has 0 aromatic rings. The van der Waals surface area contributed by atoms with E-state index in [0.29, 0.717) is 19.7 Å². The van der Waals surface area contributed by atoms with Crippen LogP contribution in [0.15, 0.2) is 0 Å². The third kappa shape index (κ3) is 21.1. The predicted molar refractivity (Wildman–Crippen MR) is 77.7 cm³/mol. The smallest absolute Gasteiger partial charge is 0.266 e. The van der Waals surface area contributed by atoms with Crippen LogP contribution in [0.4, 0.5) is 0 Å². The molecule has 0 aliphatic carbocycles. The highest BCUT2D eigenvalue weighted by Gasteiger charge is 2.09. The van der Waals surface area contributed by atoms with Gasteiger partial charge in [-0.1, -0.05) is 34.6 Å². The summed E-state index contributed by atoms with van der Waals surface area (Å²) in [6.45, 7) is 12.5. The van der Waals surface area contributed by atoms with E-state index in [9.17, 15) is 8.42 Å². The van der Waals surface area contributed by atoms with E-state index in [1.165, 1.54) is 0 Å². The van der Waals surface area contributed by atoms with Crippen molar-refractivity contribution in [2.24, 2.45) is 0 Å². The van der Waals surface area contributed by atoms with Gasteiger partial charge in [0.2, 0.25) is 0 Å². The molecule has 0 unspecified atom stereocenters. The minimum absolute atomic E-state index is 0.212. The lowest BCUT2D eigenvalue weighted by atomic mass is 10.4. The summed E-state index contributed by atoms with van der Waals surface area (Å²) in [4.78, 5) is 1.96. The Kier molecular flexibility index (Phi) is 21.5. The Morgan fingerprint density at radius 2 is 1.56 bits per heavy atom. The van der Waals surface area contributed by atoms with Crippen molar-refractivity contribution in [3.05, 3.63) is 0 Å². The molecule has 0 aliphatic rings. The molecule has 0 amide bonds. The summed E-state index contributed by atoms with van der Waals surface area (Å²) in [6, 6.07) is 0. The van der Waals surface area contributed by atoms with Crippen molar-refractivity contribution in [2.45, 2.75) is 41.0 Å². The Labute approximate surface area is 113 Å². The number of hydrogen-bond acceptors (Lipinski definition) is 4. The number of ether oxygens (including phenoxy) is 1. The first-order valence-corrected chi connectivity index (χ1v) is 8.27. The van der Waals surface area contributed by atoms with Crippen molar-refractivity contribution >= 4 is 10.1 Å². The number of nitrogens with zero attached hydrogens (tertiary/aromatic N) is 1. The summed E-state index contributed by atoms with van der Waals surface area (Å²) >= 11 is 0. The maximum Gasteiger partial charge on any atom is 0.266 e. The zero-order chi connectivity index (χ0) is 15.0. The molecule has 6 heteroatoms. The van der Waals surface area contributed by atoms with Crippen molar-refractivity contribution in [1.29, 1.82) is 0 Å². The molecule has 0 radical (unpaired) electrons. The lowest BCUT2D eigenvalue weighted by Gasteiger charge is -2.20. The quantitative estimate of drug-likeness (QED) is 0.693. The van der Waals surface area contributed by atoms with Crippen molar-refractivity contribution < 1.29 is 17.7 Å². The molecule has 1 N–H and O–H groups in total. The van der Waals surface area contributed by atoms with E-state index in [1.54, 1.807) is 7.11 Å². The van der Waals surface area contributed by atoms with Crippen molar-refractivity contribution in [3.8, 4) is 0 Å². The molecule has 0 aromatic heterocycles. The SMILES string of the molecule is CC.CC.CCCN(CCOC)CCS(=O)(=O)O. The largest absolute Gasteiger partial charge is 0.383 e. The van der Waals surface area contributed by atoms with Crippen molar-refractivity contribution in [2.75, 3.05) is 39.1 Å². The van der Waals surface area contributed by atoms with Gasteiger partial charge in [0.1, 0.15) is 0 Å². The fourth-order valence-electron chi connectivity index (χ4n) is 1.12. The Bertz CT molecular complexity index is 230. The monoisotopic (exact) mass is 285 g/mol. The molecule has 0 aromatic carbocycles. The second-order valence-electron chi connectivity index (χ2n) is 3.12. The minimum Gasteiger partial charge on any atom is -0.383 e. The molecule has 0 spiro atoms. The maximum atomic E-state index is 10.5. The van der Waals surface area contributed by atoms with Gasteiger partial charge in [-0.3, -0.25) is 9.45 Å². The molecule has 0 atom stereocenters. The van der Waals surface area contributed by atoms with Gasteiger partial charge in [-0.25, -0.2) is 0 Å². The maximum absolute atomic E-state index is 10.5. The molecule has 0 fully saturated rings. The summed E-state index contributed by atoms with van der Waals surface area (Å²) in [5.41, 5.74) is 0. The average molecular weight is 285 g/mol. The van der Waals surface area contributed by atoms with Crippen LogP contribution in [0.5, 0.6) is 0 Å². The molecule has 0 rings (SSSR count). The first kappa shape index (κ1) is 23.0. The van der Waals surface area contributed by atoms with E-state index in [2.05, 4.69) is 0 Å².